The molecule has 0 bridgehead atoms. The fourth-order valence-corrected chi connectivity index (χ4v) is 2.75. The van der Waals surface area contributed by atoms with Gasteiger partial charge in [0, 0.05) is 17.5 Å². The van der Waals surface area contributed by atoms with Crippen LogP contribution in [0.1, 0.15) is 18.9 Å². The van der Waals surface area contributed by atoms with Gasteiger partial charge in [-0.05, 0) is 12.5 Å². The molecule has 0 atom stereocenters. The molecule has 0 fully saturated rings. The lowest BCUT2D eigenvalue weighted by atomic mass is 10.2. The normalized spacial score (nSPS) is 11.4. The second-order valence-electron chi connectivity index (χ2n) is 3.84. The van der Waals surface area contributed by atoms with Crippen molar-refractivity contribution in [2.45, 2.75) is 26.5 Å². The first-order chi connectivity index (χ1) is 8.11. The summed E-state index contributed by atoms with van der Waals surface area (Å²) >= 11 is 18.5. The Balaban J connectivity index is 2.86. The van der Waals surface area contributed by atoms with Gasteiger partial charge in [-0.2, -0.15) is 0 Å². The molecule has 0 aliphatic heterocycles. The van der Waals surface area contributed by atoms with Gasteiger partial charge in [-0.25, -0.2) is 0 Å². The lowest BCUT2D eigenvalue weighted by molar-refractivity contribution is 0.283. The molecule has 5 heteroatoms. The van der Waals surface area contributed by atoms with Crippen LogP contribution >= 0.6 is 34.8 Å². The van der Waals surface area contributed by atoms with E-state index in [-0.39, 0.29) is 6.61 Å². The van der Waals surface area contributed by atoms with E-state index in [9.17, 15) is 5.11 Å². The monoisotopic (exact) mass is 291 g/mol. The molecule has 0 saturated heterocycles. The molecule has 0 aliphatic carbocycles. The smallest absolute Gasteiger partial charge is 0.115 e. The second kappa shape index (κ2) is 5.07. The molecule has 1 N–H and O–H groups in total. The van der Waals surface area contributed by atoms with Crippen LogP contribution in [0.15, 0.2) is 12.1 Å². The number of fused-ring (bicyclic) bond motifs is 1. The zero-order chi connectivity index (χ0) is 12.6. The van der Waals surface area contributed by atoms with Crippen LogP contribution < -0.4 is 0 Å². The minimum absolute atomic E-state index is 0.107. The Labute approximate surface area is 115 Å². The highest BCUT2D eigenvalue weighted by atomic mass is 35.5. The molecular weight excluding hydrogens is 280 g/mol. The number of aromatic nitrogens is 1. The SMILES string of the molecule is CCCn1c(Cl)c(CO)c2ccc(Cl)c(Cl)c21. The summed E-state index contributed by atoms with van der Waals surface area (Å²) in [4.78, 5) is 0. The molecule has 1 aromatic heterocycles. The lowest BCUT2D eigenvalue weighted by Crippen LogP contribution is -1.97. The summed E-state index contributed by atoms with van der Waals surface area (Å²) in [6.07, 6.45) is 0.928. The fraction of sp³-hybridized carbons (Fsp3) is 0.333. The molecule has 0 unspecified atom stereocenters. The summed E-state index contributed by atoms with van der Waals surface area (Å²) in [5, 5.41) is 11.8. The van der Waals surface area contributed by atoms with E-state index < -0.39 is 0 Å². The maximum absolute atomic E-state index is 9.38. The average molecular weight is 293 g/mol. The number of benzene rings is 1. The predicted octanol–water partition coefficient (Wildman–Crippen LogP) is 4.50. The Hall–Kier alpha value is -0.410. The Bertz CT molecular complexity index is 563. The van der Waals surface area contributed by atoms with E-state index in [2.05, 4.69) is 6.92 Å². The summed E-state index contributed by atoms with van der Waals surface area (Å²) in [6, 6.07) is 3.56. The van der Waals surface area contributed by atoms with E-state index in [1.165, 1.54) is 0 Å². The molecule has 0 saturated carbocycles. The van der Waals surface area contributed by atoms with Crippen LogP contribution in [-0.2, 0) is 13.2 Å². The zero-order valence-corrected chi connectivity index (χ0v) is 11.6. The van der Waals surface area contributed by atoms with Crippen molar-refractivity contribution in [1.29, 1.82) is 0 Å². The van der Waals surface area contributed by atoms with Crippen LogP contribution in [0.4, 0.5) is 0 Å². The highest BCUT2D eigenvalue weighted by Gasteiger charge is 2.18. The largest absolute Gasteiger partial charge is 0.392 e. The average Bonchev–Trinajstić information content (AvgIpc) is 2.58. The fourth-order valence-electron chi connectivity index (χ4n) is 2.00. The van der Waals surface area contributed by atoms with E-state index >= 15 is 0 Å². The predicted molar refractivity (Wildman–Crippen MR) is 73.2 cm³/mol. The topological polar surface area (TPSA) is 25.2 Å². The zero-order valence-electron chi connectivity index (χ0n) is 9.30. The molecular formula is C12H12Cl3NO. The number of aliphatic hydroxyl groups excluding tert-OH is 1. The molecule has 2 aromatic rings. The molecule has 92 valence electrons. The Morgan fingerprint density at radius 3 is 2.53 bits per heavy atom. The first kappa shape index (κ1) is 13.0. The standard InChI is InChI=1S/C12H12Cl3NO/c1-2-5-16-11-7(8(6-17)12(16)15)3-4-9(13)10(11)14/h3-4,17H,2,5-6H2,1H3. The van der Waals surface area contributed by atoms with E-state index in [0.29, 0.717) is 20.8 Å². The number of hydrogen-bond donors (Lipinski definition) is 1. The number of hydrogen-bond acceptors (Lipinski definition) is 1. The Morgan fingerprint density at radius 2 is 1.94 bits per heavy atom. The third-order valence-corrected chi connectivity index (χ3v) is 3.98. The van der Waals surface area contributed by atoms with Crippen molar-refractivity contribution in [3.05, 3.63) is 32.9 Å². The van der Waals surface area contributed by atoms with Gasteiger partial charge < -0.3 is 9.67 Å². The molecule has 1 aromatic carbocycles. The maximum Gasteiger partial charge on any atom is 0.115 e. The molecule has 2 rings (SSSR count). The van der Waals surface area contributed by atoms with Crippen molar-refractivity contribution >= 4 is 45.7 Å². The van der Waals surface area contributed by atoms with Gasteiger partial charge in [0.25, 0.3) is 0 Å². The molecule has 0 spiro atoms. The first-order valence-corrected chi connectivity index (χ1v) is 6.50. The van der Waals surface area contributed by atoms with Gasteiger partial charge >= 0.3 is 0 Å². The third-order valence-electron chi connectivity index (χ3n) is 2.76. The molecule has 0 amide bonds. The Morgan fingerprint density at radius 1 is 1.24 bits per heavy atom. The van der Waals surface area contributed by atoms with Crippen LogP contribution in [0.2, 0.25) is 15.2 Å². The Kier molecular flexibility index (Phi) is 3.88. The summed E-state index contributed by atoms with van der Waals surface area (Å²) in [7, 11) is 0. The van der Waals surface area contributed by atoms with Crippen molar-refractivity contribution in [1.82, 2.24) is 4.57 Å². The van der Waals surface area contributed by atoms with Crippen LogP contribution in [0.25, 0.3) is 10.9 Å². The number of aliphatic hydroxyl groups is 1. The van der Waals surface area contributed by atoms with Crippen LogP contribution in [0.5, 0.6) is 0 Å². The summed E-state index contributed by atoms with van der Waals surface area (Å²) in [5.41, 5.74) is 1.50. The van der Waals surface area contributed by atoms with Crippen LogP contribution in [-0.4, -0.2) is 9.67 Å². The third kappa shape index (κ3) is 2.04. The molecule has 0 aliphatic rings. The molecule has 0 radical (unpaired) electrons. The van der Waals surface area contributed by atoms with Crippen molar-refractivity contribution in [3.8, 4) is 0 Å². The van der Waals surface area contributed by atoms with Crippen LogP contribution in [0, 0.1) is 0 Å². The van der Waals surface area contributed by atoms with Gasteiger partial charge in [-0.1, -0.05) is 47.8 Å². The van der Waals surface area contributed by atoms with Gasteiger partial charge in [0.05, 0.1) is 22.2 Å². The second-order valence-corrected chi connectivity index (χ2v) is 4.98. The minimum Gasteiger partial charge on any atom is -0.392 e. The quantitative estimate of drug-likeness (QED) is 0.885. The highest BCUT2D eigenvalue weighted by molar-refractivity contribution is 6.45. The summed E-state index contributed by atoms with van der Waals surface area (Å²) in [5.74, 6) is 0. The van der Waals surface area contributed by atoms with Gasteiger partial charge in [-0.15, -0.1) is 0 Å². The molecule has 17 heavy (non-hydrogen) atoms. The van der Waals surface area contributed by atoms with E-state index in [1.54, 1.807) is 6.07 Å². The number of rotatable bonds is 3. The van der Waals surface area contributed by atoms with Crippen molar-refractivity contribution in [3.63, 3.8) is 0 Å². The molecule has 1 heterocycles. The van der Waals surface area contributed by atoms with Crippen molar-refractivity contribution in [2.24, 2.45) is 0 Å². The highest BCUT2D eigenvalue weighted by Crippen LogP contribution is 2.38. The van der Waals surface area contributed by atoms with E-state index in [0.717, 1.165) is 23.9 Å². The molecule has 2 nitrogen and oxygen atoms in total. The minimum atomic E-state index is -0.107. The van der Waals surface area contributed by atoms with Gasteiger partial charge in [0.1, 0.15) is 5.15 Å². The van der Waals surface area contributed by atoms with Gasteiger partial charge in [-0.3, -0.25) is 0 Å². The summed E-state index contributed by atoms with van der Waals surface area (Å²) in [6.45, 7) is 2.69. The van der Waals surface area contributed by atoms with E-state index in [1.807, 2.05) is 10.6 Å². The van der Waals surface area contributed by atoms with Crippen molar-refractivity contribution in [2.75, 3.05) is 0 Å². The summed E-state index contributed by atoms with van der Waals surface area (Å²) < 4.78 is 1.90. The number of halogens is 3. The van der Waals surface area contributed by atoms with Crippen LogP contribution in [0.3, 0.4) is 0 Å². The van der Waals surface area contributed by atoms with Gasteiger partial charge in [0.15, 0.2) is 0 Å². The van der Waals surface area contributed by atoms with Crippen molar-refractivity contribution < 1.29 is 5.11 Å². The lowest BCUT2D eigenvalue weighted by Gasteiger charge is -2.06. The number of aryl methyl sites for hydroxylation is 1. The maximum atomic E-state index is 9.38. The van der Waals surface area contributed by atoms with E-state index in [4.69, 9.17) is 34.8 Å². The van der Waals surface area contributed by atoms with Gasteiger partial charge in [0.2, 0.25) is 0 Å². The first-order valence-electron chi connectivity index (χ1n) is 5.37. The number of nitrogens with zero attached hydrogens (tertiary/aromatic N) is 1.